The summed E-state index contributed by atoms with van der Waals surface area (Å²) in [5, 5.41) is 10.5. The van der Waals surface area contributed by atoms with E-state index in [0.29, 0.717) is 11.9 Å². The van der Waals surface area contributed by atoms with Crippen LogP contribution in [-0.2, 0) is 4.74 Å². The number of rotatable bonds is 3. The Balaban J connectivity index is 2.10. The molecule has 1 atom stereocenters. The highest BCUT2D eigenvalue weighted by Gasteiger charge is 2.22. The van der Waals surface area contributed by atoms with Gasteiger partial charge >= 0.3 is 5.97 Å². The van der Waals surface area contributed by atoms with Crippen LogP contribution >= 0.6 is 11.8 Å². The fourth-order valence-electron chi connectivity index (χ4n) is 2.17. The van der Waals surface area contributed by atoms with E-state index in [4.69, 9.17) is 4.74 Å². The van der Waals surface area contributed by atoms with Crippen molar-refractivity contribution in [3.63, 3.8) is 0 Å². The minimum atomic E-state index is -0.931. The molecule has 1 unspecified atom stereocenters. The SMILES string of the molecule is O=C(O)c1cnc2ccccc2c1SC1CCOC1. The first-order chi connectivity index (χ1) is 9.25. The van der Waals surface area contributed by atoms with Crippen LogP contribution in [0.15, 0.2) is 35.4 Å². The van der Waals surface area contributed by atoms with Crippen LogP contribution in [0, 0.1) is 0 Å². The van der Waals surface area contributed by atoms with E-state index in [-0.39, 0.29) is 5.56 Å². The molecule has 0 amide bonds. The highest BCUT2D eigenvalue weighted by atomic mass is 32.2. The molecule has 1 aliphatic rings. The first-order valence-corrected chi connectivity index (χ1v) is 6.99. The van der Waals surface area contributed by atoms with Gasteiger partial charge in [0.25, 0.3) is 0 Å². The van der Waals surface area contributed by atoms with Crippen molar-refractivity contribution >= 4 is 28.6 Å². The topological polar surface area (TPSA) is 59.4 Å². The summed E-state index contributed by atoms with van der Waals surface area (Å²) in [7, 11) is 0. The molecule has 0 saturated carbocycles. The predicted molar refractivity (Wildman–Crippen MR) is 73.8 cm³/mol. The molecule has 0 bridgehead atoms. The first-order valence-electron chi connectivity index (χ1n) is 6.11. The Labute approximate surface area is 114 Å². The molecule has 3 rings (SSSR count). The number of benzene rings is 1. The van der Waals surface area contributed by atoms with Gasteiger partial charge in [-0.15, -0.1) is 11.8 Å². The van der Waals surface area contributed by atoms with Crippen LogP contribution in [0.3, 0.4) is 0 Å². The number of carboxylic acids is 1. The maximum absolute atomic E-state index is 11.4. The number of pyridine rings is 1. The zero-order valence-corrected chi connectivity index (χ0v) is 11.0. The number of fused-ring (bicyclic) bond motifs is 1. The molecular weight excluding hydrogens is 262 g/mol. The third-order valence-electron chi connectivity index (χ3n) is 3.13. The number of thioether (sulfide) groups is 1. The van der Waals surface area contributed by atoms with Crippen LogP contribution in [0.5, 0.6) is 0 Å². The number of nitrogens with zero attached hydrogens (tertiary/aromatic N) is 1. The van der Waals surface area contributed by atoms with Crippen molar-refractivity contribution in [3.05, 3.63) is 36.0 Å². The van der Waals surface area contributed by atoms with Gasteiger partial charge in [-0.1, -0.05) is 18.2 Å². The molecule has 0 radical (unpaired) electrons. The van der Waals surface area contributed by atoms with E-state index in [9.17, 15) is 9.90 Å². The molecule has 98 valence electrons. The number of para-hydroxylation sites is 1. The lowest BCUT2D eigenvalue weighted by atomic mass is 10.1. The molecule has 2 heterocycles. The Kier molecular flexibility index (Phi) is 3.40. The molecule has 4 nitrogen and oxygen atoms in total. The van der Waals surface area contributed by atoms with Crippen LogP contribution in [0.2, 0.25) is 0 Å². The number of carboxylic acid groups (broad SMARTS) is 1. The minimum Gasteiger partial charge on any atom is -0.478 e. The van der Waals surface area contributed by atoms with Crippen LogP contribution in [0.4, 0.5) is 0 Å². The van der Waals surface area contributed by atoms with Gasteiger partial charge in [0.2, 0.25) is 0 Å². The van der Waals surface area contributed by atoms with E-state index in [1.807, 2.05) is 24.3 Å². The van der Waals surface area contributed by atoms with E-state index < -0.39 is 5.97 Å². The molecule has 1 aromatic heterocycles. The number of hydrogen-bond acceptors (Lipinski definition) is 4. The molecule has 19 heavy (non-hydrogen) atoms. The van der Waals surface area contributed by atoms with Crippen molar-refractivity contribution < 1.29 is 14.6 Å². The van der Waals surface area contributed by atoms with Gasteiger partial charge in [-0.25, -0.2) is 4.79 Å². The van der Waals surface area contributed by atoms with Gasteiger partial charge in [0.05, 0.1) is 17.7 Å². The third kappa shape index (κ3) is 2.43. The molecule has 5 heteroatoms. The largest absolute Gasteiger partial charge is 0.478 e. The van der Waals surface area contributed by atoms with Crippen molar-refractivity contribution in [1.29, 1.82) is 0 Å². The molecule has 1 saturated heterocycles. The van der Waals surface area contributed by atoms with Gasteiger partial charge < -0.3 is 9.84 Å². The maximum atomic E-state index is 11.4. The molecular formula is C14H13NO3S. The first kappa shape index (κ1) is 12.4. The molecule has 0 spiro atoms. The van der Waals surface area contributed by atoms with Gasteiger partial charge in [-0.05, 0) is 12.5 Å². The Morgan fingerprint density at radius 1 is 1.42 bits per heavy atom. The van der Waals surface area contributed by atoms with E-state index in [0.717, 1.165) is 28.8 Å². The summed E-state index contributed by atoms with van der Waals surface area (Å²) in [4.78, 5) is 16.4. The zero-order valence-electron chi connectivity index (χ0n) is 10.2. The number of aromatic nitrogens is 1. The monoisotopic (exact) mass is 275 g/mol. The fourth-order valence-corrected chi connectivity index (χ4v) is 3.45. The van der Waals surface area contributed by atoms with Crippen LogP contribution in [0.25, 0.3) is 10.9 Å². The lowest BCUT2D eigenvalue weighted by Gasteiger charge is -2.12. The highest BCUT2D eigenvalue weighted by molar-refractivity contribution is 8.00. The van der Waals surface area contributed by atoms with Gasteiger partial charge in [0.1, 0.15) is 0 Å². The van der Waals surface area contributed by atoms with E-state index in [1.165, 1.54) is 6.20 Å². The molecule has 1 aliphatic heterocycles. The van der Waals surface area contributed by atoms with Crippen molar-refractivity contribution in [3.8, 4) is 0 Å². The molecule has 1 aromatic carbocycles. The Morgan fingerprint density at radius 3 is 3.00 bits per heavy atom. The van der Waals surface area contributed by atoms with Gasteiger partial charge in [-0.2, -0.15) is 0 Å². The lowest BCUT2D eigenvalue weighted by molar-refractivity contribution is 0.0693. The average Bonchev–Trinajstić information content (AvgIpc) is 2.92. The zero-order chi connectivity index (χ0) is 13.2. The standard InChI is InChI=1S/C14H13NO3S/c16-14(17)11-7-15-12-4-2-1-3-10(12)13(11)19-9-5-6-18-8-9/h1-4,7,9H,5-6,8H2,(H,16,17). The molecule has 2 aromatic rings. The smallest absolute Gasteiger partial charge is 0.338 e. The third-order valence-corrected chi connectivity index (χ3v) is 4.51. The Bertz CT molecular complexity index is 623. The molecule has 1 N–H and O–H groups in total. The maximum Gasteiger partial charge on any atom is 0.338 e. The summed E-state index contributed by atoms with van der Waals surface area (Å²) >= 11 is 1.59. The summed E-state index contributed by atoms with van der Waals surface area (Å²) in [6.07, 6.45) is 2.41. The van der Waals surface area contributed by atoms with Crippen LogP contribution < -0.4 is 0 Å². The molecule has 0 aliphatic carbocycles. The van der Waals surface area contributed by atoms with Crippen molar-refractivity contribution in [2.24, 2.45) is 0 Å². The average molecular weight is 275 g/mol. The summed E-state index contributed by atoms with van der Waals surface area (Å²) in [6, 6.07) is 7.64. The summed E-state index contributed by atoms with van der Waals surface area (Å²) in [5.74, 6) is -0.931. The second-order valence-corrected chi connectivity index (χ2v) is 5.74. The number of carbonyl (C=O) groups is 1. The van der Waals surface area contributed by atoms with Crippen molar-refractivity contribution in [1.82, 2.24) is 4.98 Å². The summed E-state index contributed by atoms with van der Waals surface area (Å²) in [5.41, 5.74) is 1.10. The highest BCUT2D eigenvalue weighted by Crippen LogP contribution is 2.35. The minimum absolute atomic E-state index is 0.274. The summed E-state index contributed by atoms with van der Waals surface area (Å²) < 4.78 is 5.36. The van der Waals surface area contributed by atoms with Crippen molar-refractivity contribution in [2.45, 2.75) is 16.6 Å². The molecule has 1 fully saturated rings. The normalized spacial score (nSPS) is 18.8. The Morgan fingerprint density at radius 2 is 2.26 bits per heavy atom. The second-order valence-electron chi connectivity index (χ2n) is 4.43. The predicted octanol–water partition coefficient (Wildman–Crippen LogP) is 2.81. The number of ether oxygens (including phenoxy) is 1. The van der Waals surface area contributed by atoms with E-state index >= 15 is 0 Å². The van der Waals surface area contributed by atoms with Crippen molar-refractivity contribution in [2.75, 3.05) is 13.2 Å². The second kappa shape index (κ2) is 5.19. The van der Waals surface area contributed by atoms with Crippen LogP contribution in [-0.4, -0.2) is 34.5 Å². The van der Waals surface area contributed by atoms with Gasteiger partial charge in [-0.3, -0.25) is 4.98 Å². The lowest BCUT2D eigenvalue weighted by Crippen LogP contribution is -2.06. The fraction of sp³-hybridized carbons (Fsp3) is 0.286. The van der Waals surface area contributed by atoms with E-state index in [1.54, 1.807) is 11.8 Å². The Hall–Kier alpha value is -1.59. The quantitative estimate of drug-likeness (QED) is 0.933. The summed E-state index contributed by atoms with van der Waals surface area (Å²) in [6.45, 7) is 1.43. The number of aromatic carboxylic acids is 1. The van der Waals surface area contributed by atoms with E-state index in [2.05, 4.69) is 4.98 Å². The van der Waals surface area contributed by atoms with Crippen LogP contribution in [0.1, 0.15) is 16.8 Å². The number of hydrogen-bond donors (Lipinski definition) is 1. The van der Waals surface area contributed by atoms with Gasteiger partial charge in [0, 0.05) is 28.3 Å². The van der Waals surface area contributed by atoms with Gasteiger partial charge in [0.15, 0.2) is 0 Å².